The van der Waals surface area contributed by atoms with Crippen LogP contribution in [0.25, 0.3) is 0 Å². The molecule has 1 aliphatic rings. The summed E-state index contributed by atoms with van der Waals surface area (Å²) in [6.45, 7) is 0. The Bertz CT molecular complexity index is 428. The second kappa shape index (κ2) is 3.88. The van der Waals surface area contributed by atoms with E-state index in [-0.39, 0.29) is 5.75 Å². The first-order valence-corrected chi connectivity index (χ1v) is 5.81. The van der Waals surface area contributed by atoms with Crippen LogP contribution >= 0.6 is 15.9 Å². The average molecular weight is 310 g/mol. The quantitative estimate of drug-likeness (QED) is 0.908. The van der Waals surface area contributed by atoms with Gasteiger partial charge in [0.05, 0.1) is 12.7 Å². The van der Waals surface area contributed by atoms with Crippen molar-refractivity contribution in [1.29, 1.82) is 0 Å². The maximum absolute atomic E-state index is 12.9. The molecule has 2 rings (SSSR count). The van der Waals surface area contributed by atoms with Gasteiger partial charge in [-0.3, -0.25) is 0 Å². The largest absolute Gasteiger partial charge is 0.496 e. The van der Waals surface area contributed by atoms with Gasteiger partial charge >= 0.3 is 6.18 Å². The van der Waals surface area contributed by atoms with Gasteiger partial charge in [0.1, 0.15) is 5.75 Å². The molecule has 17 heavy (non-hydrogen) atoms. The lowest BCUT2D eigenvalue weighted by atomic mass is 10.0. The Morgan fingerprint density at radius 1 is 1.35 bits per heavy atom. The van der Waals surface area contributed by atoms with Gasteiger partial charge < -0.3 is 10.5 Å². The highest BCUT2D eigenvalue weighted by Gasteiger charge is 2.45. The molecule has 0 aromatic heterocycles. The molecule has 0 unspecified atom stereocenters. The molecule has 0 saturated heterocycles. The van der Waals surface area contributed by atoms with E-state index in [1.807, 2.05) is 0 Å². The number of nitrogens with two attached hydrogens (primary N) is 1. The van der Waals surface area contributed by atoms with Crippen molar-refractivity contribution in [2.75, 3.05) is 7.11 Å². The summed E-state index contributed by atoms with van der Waals surface area (Å²) in [7, 11) is 1.23. The Balaban J connectivity index is 2.64. The molecule has 1 aliphatic carbocycles. The van der Waals surface area contributed by atoms with Crippen LogP contribution in [0.5, 0.6) is 5.75 Å². The molecule has 0 spiro atoms. The Morgan fingerprint density at radius 2 is 1.94 bits per heavy atom. The van der Waals surface area contributed by atoms with E-state index in [4.69, 9.17) is 10.5 Å². The predicted molar refractivity (Wildman–Crippen MR) is 60.8 cm³/mol. The smallest absolute Gasteiger partial charge is 0.420 e. The van der Waals surface area contributed by atoms with E-state index >= 15 is 0 Å². The standard InChI is InChI=1S/C11H11BrF3NO/c1-17-9-7(10(16)2-3-10)4-6(12)5-8(9)11(13,14)15/h4-5H,2-3,16H2,1H3. The number of hydrogen-bond donors (Lipinski definition) is 1. The molecule has 0 amide bonds. The summed E-state index contributed by atoms with van der Waals surface area (Å²) < 4.78 is 43.8. The molecule has 6 heteroatoms. The highest BCUT2D eigenvalue weighted by molar-refractivity contribution is 9.10. The summed E-state index contributed by atoms with van der Waals surface area (Å²) in [6, 6.07) is 2.61. The van der Waals surface area contributed by atoms with Crippen molar-refractivity contribution < 1.29 is 17.9 Å². The molecule has 94 valence electrons. The van der Waals surface area contributed by atoms with Gasteiger partial charge in [-0.05, 0) is 25.0 Å². The van der Waals surface area contributed by atoms with E-state index in [0.717, 1.165) is 6.07 Å². The highest BCUT2D eigenvalue weighted by atomic mass is 79.9. The van der Waals surface area contributed by atoms with E-state index in [0.29, 0.717) is 22.9 Å². The topological polar surface area (TPSA) is 35.2 Å². The van der Waals surface area contributed by atoms with Gasteiger partial charge in [0.2, 0.25) is 0 Å². The van der Waals surface area contributed by atoms with Gasteiger partial charge in [-0.25, -0.2) is 0 Å². The van der Waals surface area contributed by atoms with Crippen molar-refractivity contribution >= 4 is 15.9 Å². The second-order valence-electron chi connectivity index (χ2n) is 4.19. The second-order valence-corrected chi connectivity index (χ2v) is 5.10. The molecule has 2 N–H and O–H groups in total. The SMILES string of the molecule is COc1c(C(F)(F)F)cc(Br)cc1C1(N)CC1. The van der Waals surface area contributed by atoms with Crippen LogP contribution in [0.2, 0.25) is 0 Å². The molecule has 0 radical (unpaired) electrons. The number of halogens is 4. The minimum absolute atomic E-state index is 0.166. The molecule has 1 aromatic carbocycles. The van der Waals surface area contributed by atoms with Gasteiger partial charge in [-0.1, -0.05) is 15.9 Å². The molecule has 0 bridgehead atoms. The molecule has 2 nitrogen and oxygen atoms in total. The van der Waals surface area contributed by atoms with E-state index in [2.05, 4.69) is 15.9 Å². The number of alkyl halides is 3. The number of benzene rings is 1. The van der Waals surface area contributed by atoms with Crippen LogP contribution in [-0.4, -0.2) is 7.11 Å². The van der Waals surface area contributed by atoms with Crippen molar-refractivity contribution in [3.05, 3.63) is 27.7 Å². The Labute approximate surface area is 105 Å². The third kappa shape index (κ3) is 2.28. The first kappa shape index (κ1) is 12.7. The number of rotatable bonds is 2. The minimum atomic E-state index is -4.45. The maximum Gasteiger partial charge on any atom is 0.420 e. The third-order valence-corrected chi connectivity index (χ3v) is 3.35. The molecule has 1 aromatic rings. The summed E-state index contributed by atoms with van der Waals surface area (Å²) in [5.74, 6) is -0.166. The van der Waals surface area contributed by atoms with E-state index in [9.17, 15) is 13.2 Å². The van der Waals surface area contributed by atoms with Crippen LogP contribution in [0.4, 0.5) is 13.2 Å². The summed E-state index contributed by atoms with van der Waals surface area (Å²) in [5.41, 5.74) is 4.91. The lowest BCUT2D eigenvalue weighted by Gasteiger charge is -2.19. The zero-order valence-corrected chi connectivity index (χ0v) is 10.7. The highest BCUT2D eigenvalue weighted by Crippen LogP contribution is 2.50. The van der Waals surface area contributed by atoms with Crippen molar-refractivity contribution in [2.45, 2.75) is 24.6 Å². The average Bonchev–Trinajstić information content (AvgIpc) is 2.95. The van der Waals surface area contributed by atoms with Crippen LogP contribution in [0.1, 0.15) is 24.0 Å². The van der Waals surface area contributed by atoms with Gasteiger partial charge in [0.15, 0.2) is 0 Å². The van der Waals surface area contributed by atoms with Crippen LogP contribution in [0.3, 0.4) is 0 Å². The summed E-state index contributed by atoms with van der Waals surface area (Å²) >= 11 is 3.08. The molecular formula is C11H11BrF3NO. The zero-order valence-electron chi connectivity index (χ0n) is 9.07. The Hall–Kier alpha value is -0.750. The Kier molecular flexibility index (Phi) is 2.90. The monoisotopic (exact) mass is 309 g/mol. The van der Waals surface area contributed by atoms with E-state index in [1.165, 1.54) is 7.11 Å². The normalized spacial score (nSPS) is 18.0. The summed E-state index contributed by atoms with van der Waals surface area (Å²) in [5, 5.41) is 0. The molecular weight excluding hydrogens is 299 g/mol. The molecule has 1 saturated carbocycles. The zero-order chi connectivity index (χ0) is 12.8. The lowest BCUT2D eigenvalue weighted by Crippen LogP contribution is -2.21. The van der Waals surface area contributed by atoms with Crippen molar-refractivity contribution in [1.82, 2.24) is 0 Å². The molecule has 0 atom stereocenters. The molecule has 0 aliphatic heterocycles. The first-order chi connectivity index (χ1) is 7.78. The minimum Gasteiger partial charge on any atom is -0.496 e. The van der Waals surface area contributed by atoms with Crippen LogP contribution in [-0.2, 0) is 11.7 Å². The predicted octanol–water partition coefficient (Wildman–Crippen LogP) is 3.42. The number of hydrogen-bond acceptors (Lipinski definition) is 2. The molecule has 1 fully saturated rings. The van der Waals surface area contributed by atoms with Crippen molar-refractivity contribution in [3.63, 3.8) is 0 Å². The molecule has 0 heterocycles. The van der Waals surface area contributed by atoms with Gasteiger partial charge in [-0.15, -0.1) is 0 Å². The first-order valence-electron chi connectivity index (χ1n) is 5.02. The van der Waals surface area contributed by atoms with E-state index < -0.39 is 17.3 Å². The Morgan fingerprint density at radius 3 is 2.35 bits per heavy atom. The number of ether oxygens (including phenoxy) is 1. The summed E-state index contributed by atoms with van der Waals surface area (Å²) in [6.07, 6.45) is -3.09. The van der Waals surface area contributed by atoms with Gasteiger partial charge in [-0.2, -0.15) is 13.2 Å². The summed E-state index contributed by atoms with van der Waals surface area (Å²) in [4.78, 5) is 0. The fourth-order valence-electron chi connectivity index (χ4n) is 1.80. The number of methoxy groups -OCH3 is 1. The van der Waals surface area contributed by atoms with Gasteiger partial charge in [0.25, 0.3) is 0 Å². The van der Waals surface area contributed by atoms with E-state index in [1.54, 1.807) is 6.07 Å². The third-order valence-electron chi connectivity index (χ3n) is 2.89. The van der Waals surface area contributed by atoms with Crippen LogP contribution < -0.4 is 10.5 Å². The van der Waals surface area contributed by atoms with Gasteiger partial charge in [0, 0.05) is 15.6 Å². The fourth-order valence-corrected chi connectivity index (χ4v) is 2.26. The maximum atomic E-state index is 12.9. The van der Waals surface area contributed by atoms with Crippen molar-refractivity contribution in [2.24, 2.45) is 5.73 Å². The lowest BCUT2D eigenvalue weighted by molar-refractivity contribution is -0.138. The van der Waals surface area contributed by atoms with Crippen LogP contribution in [0.15, 0.2) is 16.6 Å². The fraction of sp³-hybridized carbons (Fsp3) is 0.455. The van der Waals surface area contributed by atoms with Crippen LogP contribution in [0, 0.1) is 0 Å². The van der Waals surface area contributed by atoms with Crippen molar-refractivity contribution in [3.8, 4) is 5.75 Å².